The molecule has 62 valence electrons. The average Bonchev–Trinajstić information content (AvgIpc) is 1.98. The van der Waals surface area contributed by atoms with E-state index in [0.29, 0.717) is 12.5 Å². The molecule has 1 unspecified atom stereocenters. The lowest BCUT2D eigenvalue weighted by Crippen LogP contribution is -2.08. The summed E-state index contributed by atoms with van der Waals surface area (Å²) in [6, 6.07) is 0. The van der Waals surface area contributed by atoms with Gasteiger partial charge in [0.25, 0.3) is 0 Å². The van der Waals surface area contributed by atoms with E-state index in [4.69, 9.17) is 5.11 Å². The van der Waals surface area contributed by atoms with Crippen LogP contribution >= 0.6 is 0 Å². The summed E-state index contributed by atoms with van der Waals surface area (Å²) in [5.41, 5.74) is 0. The van der Waals surface area contributed by atoms with Gasteiger partial charge in [-0.15, -0.1) is 0 Å². The molecule has 0 saturated carbocycles. The minimum Gasteiger partial charge on any atom is -0.396 e. The van der Waals surface area contributed by atoms with Crippen LogP contribution in [0.2, 0.25) is 0 Å². The Kier molecular flexibility index (Phi) is 6.98. The quantitative estimate of drug-likeness (QED) is 0.547. The van der Waals surface area contributed by atoms with Crippen LogP contribution in [0.1, 0.15) is 26.2 Å². The fraction of sp³-hybridized carbons (Fsp3) is 1.00. The van der Waals surface area contributed by atoms with E-state index in [-0.39, 0.29) is 0 Å². The highest BCUT2D eigenvalue weighted by atomic mass is 16.3. The first-order chi connectivity index (χ1) is 4.81. The van der Waals surface area contributed by atoms with Crippen molar-refractivity contribution >= 4 is 0 Å². The van der Waals surface area contributed by atoms with Crippen LogP contribution in [0.5, 0.6) is 0 Å². The topological polar surface area (TPSA) is 32.3 Å². The Hall–Kier alpha value is -0.0800. The van der Waals surface area contributed by atoms with E-state index in [1.54, 1.807) is 0 Å². The summed E-state index contributed by atoms with van der Waals surface area (Å²) in [4.78, 5) is 0. The van der Waals surface area contributed by atoms with Crippen LogP contribution in [-0.4, -0.2) is 25.3 Å². The summed E-state index contributed by atoms with van der Waals surface area (Å²) in [6.45, 7) is 3.51. The fourth-order valence-electron chi connectivity index (χ4n) is 0.886. The summed E-state index contributed by atoms with van der Waals surface area (Å²) < 4.78 is 0. The second-order valence-electron chi connectivity index (χ2n) is 2.89. The largest absolute Gasteiger partial charge is 0.396 e. The van der Waals surface area contributed by atoms with Crippen molar-refractivity contribution in [3.8, 4) is 0 Å². The lowest BCUT2D eigenvalue weighted by Gasteiger charge is -2.05. The summed E-state index contributed by atoms with van der Waals surface area (Å²) in [5, 5.41) is 11.8. The Morgan fingerprint density at radius 3 is 2.60 bits per heavy atom. The Morgan fingerprint density at radius 1 is 1.40 bits per heavy atom. The number of hydrogen-bond acceptors (Lipinski definition) is 2. The van der Waals surface area contributed by atoms with Gasteiger partial charge in [0.15, 0.2) is 0 Å². The molecule has 2 N–H and O–H groups in total. The molecule has 0 aromatic carbocycles. The Balaban J connectivity index is 2.89. The summed E-state index contributed by atoms with van der Waals surface area (Å²) in [5.74, 6) is 0.483. The lowest BCUT2D eigenvalue weighted by atomic mass is 10.1. The van der Waals surface area contributed by atoms with E-state index in [1.807, 2.05) is 7.05 Å². The molecule has 0 bridgehead atoms. The molecular formula is C8H19NO. The summed E-state index contributed by atoms with van der Waals surface area (Å²) in [7, 11) is 1.97. The Morgan fingerprint density at radius 2 is 2.10 bits per heavy atom. The molecule has 0 spiro atoms. The van der Waals surface area contributed by atoms with Gasteiger partial charge in [0.1, 0.15) is 0 Å². The molecule has 0 radical (unpaired) electrons. The van der Waals surface area contributed by atoms with Crippen molar-refractivity contribution in [2.24, 2.45) is 5.92 Å². The molecule has 0 amide bonds. The van der Waals surface area contributed by atoms with Gasteiger partial charge in [0, 0.05) is 6.61 Å². The molecule has 1 atom stereocenters. The number of nitrogens with one attached hydrogen (secondary N) is 1. The molecule has 0 fully saturated rings. The SMILES string of the molecule is CNCCCCC(C)CO. The van der Waals surface area contributed by atoms with Crippen LogP contribution in [-0.2, 0) is 0 Å². The first-order valence-corrected chi connectivity index (χ1v) is 4.06. The maximum Gasteiger partial charge on any atom is 0.0456 e. The monoisotopic (exact) mass is 145 g/mol. The van der Waals surface area contributed by atoms with Crippen molar-refractivity contribution in [3.05, 3.63) is 0 Å². The molecule has 0 aliphatic rings. The highest BCUT2D eigenvalue weighted by Crippen LogP contribution is 2.05. The third-order valence-electron chi connectivity index (χ3n) is 1.69. The van der Waals surface area contributed by atoms with Crippen molar-refractivity contribution in [1.82, 2.24) is 5.32 Å². The lowest BCUT2D eigenvalue weighted by molar-refractivity contribution is 0.227. The molecule has 2 nitrogen and oxygen atoms in total. The van der Waals surface area contributed by atoms with Gasteiger partial charge in [-0.1, -0.05) is 13.3 Å². The number of aliphatic hydroxyl groups is 1. The predicted octanol–water partition coefficient (Wildman–Crippen LogP) is 1.00. The van der Waals surface area contributed by atoms with Crippen LogP contribution in [0, 0.1) is 5.92 Å². The van der Waals surface area contributed by atoms with Crippen molar-refractivity contribution < 1.29 is 5.11 Å². The van der Waals surface area contributed by atoms with E-state index in [1.165, 1.54) is 12.8 Å². The molecule has 0 aromatic rings. The highest BCUT2D eigenvalue weighted by Gasteiger charge is 1.97. The standard InChI is InChI=1S/C8H19NO/c1-8(7-10)5-3-4-6-9-2/h8-10H,3-7H2,1-2H3. The summed E-state index contributed by atoms with van der Waals surface area (Å²) in [6.07, 6.45) is 3.60. The molecular weight excluding hydrogens is 126 g/mol. The maximum absolute atomic E-state index is 8.68. The molecule has 0 aromatic heterocycles. The van der Waals surface area contributed by atoms with E-state index >= 15 is 0 Å². The van der Waals surface area contributed by atoms with Gasteiger partial charge >= 0.3 is 0 Å². The van der Waals surface area contributed by atoms with E-state index in [2.05, 4.69) is 12.2 Å². The Bertz CT molecular complexity index is 66.3. The van der Waals surface area contributed by atoms with E-state index in [9.17, 15) is 0 Å². The third kappa shape index (κ3) is 6.05. The van der Waals surface area contributed by atoms with Crippen LogP contribution in [0.25, 0.3) is 0 Å². The summed E-state index contributed by atoms with van der Waals surface area (Å²) >= 11 is 0. The number of unbranched alkanes of at least 4 members (excludes halogenated alkanes) is 1. The van der Waals surface area contributed by atoms with Gasteiger partial charge in [-0.3, -0.25) is 0 Å². The predicted molar refractivity (Wildman–Crippen MR) is 44.0 cm³/mol. The molecule has 0 aliphatic carbocycles. The van der Waals surface area contributed by atoms with E-state index < -0.39 is 0 Å². The van der Waals surface area contributed by atoms with Gasteiger partial charge < -0.3 is 10.4 Å². The number of hydrogen-bond donors (Lipinski definition) is 2. The first kappa shape index (κ1) is 9.92. The van der Waals surface area contributed by atoms with Gasteiger partial charge in [-0.2, -0.15) is 0 Å². The van der Waals surface area contributed by atoms with Crippen LogP contribution < -0.4 is 5.32 Å². The maximum atomic E-state index is 8.68. The molecule has 0 heterocycles. The smallest absolute Gasteiger partial charge is 0.0456 e. The Labute approximate surface area is 63.6 Å². The molecule has 0 aliphatic heterocycles. The van der Waals surface area contributed by atoms with Crippen molar-refractivity contribution in [1.29, 1.82) is 0 Å². The normalized spacial score (nSPS) is 13.5. The van der Waals surface area contributed by atoms with Crippen LogP contribution in [0.3, 0.4) is 0 Å². The average molecular weight is 145 g/mol. The minimum atomic E-state index is 0.333. The molecule has 0 saturated heterocycles. The minimum absolute atomic E-state index is 0.333. The zero-order chi connectivity index (χ0) is 7.82. The third-order valence-corrected chi connectivity index (χ3v) is 1.69. The molecule has 2 heteroatoms. The van der Waals surface area contributed by atoms with Gasteiger partial charge in [-0.05, 0) is 32.4 Å². The molecule has 10 heavy (non-hydrogen) atoms. The number of aliphatic hydroxyl groups excluding tert-OH is 1. The fourth-order valence-corrected chi connectivity index (χ4v) is 0.886. The second-order valence-corrected chi connectivity index (χ2v) is 2.89. The van der Waals surface area contributed by atoms with Crippen LogP contribution in [0.15, 0.2) is 0 Å². The van der Waals surface area contributed by atoms with Gasteiger partial charge in [-0.25, -0.2) is 0 Å². The second kappa shape index (κ2) is 7.03. The zero-order valence-corrected chi connectivity index (χ0v) is 7.06. The zero-order valence-electron chi connectivity index (χ0n) is 7.06. The molecule has 0 rings (SSSR count). The van der Waals surface area contributed by atoms with Crippen LogP contribution in [0.4, 0.5) is 0 Å². The van der Waals surface area contributed by atoms with Crippen molar-refractivity contribution in [2.45, 2.75) is 26.2 Å². The van der Waals surface area contributed by atoms with Gasteiger partial charge in [0.05, 0.1) is 0 Å². The van der Waals surface area contributed by atoms with Gasteiger partial charge in [0.2, 0.25) is 0 Å². The van der Waals surface area contributed by atoms with Crippen molar-refractivity contribution in [2.75, 3.05) is 20.2 Å². The van der Waals surface area contributed by atoms with E-state index in [0.717, 1.165) is 13.0 Å². The van der Waals surface area contributed by atoms with Crippen molar-refractivity contribution in [3.63, 3.8) is 0 Å². The first-order valence-electron chi connectivity index (χ1n) is 4.06. The number of rotatable bonds is 6. The highest BCUT2D eigenvalue weighted by molar-refractivity contribution is 4.51.